The zero-order valence-electron chi connectivity index (χ0n) is 28.1. The van der Waals surface area contributed by atoms with Gasteiger partial charge in [0.05, 0.1) is 58.1 Å². The number of fused-ring (bicyclic) bond motifs is 4. The first-order valence-corrected chi connectivity index (χ1v) is 16.6. The van der Waals surface area contributed by atoms with Gasteiger partial charge in [-0.1, -0.05) is 0 Å². The van der Waals surface area contributed by atoms with E-state index in [0.717, 1.165) is 16.3 Å². The highest BCUT2D eigenvalue weighted by Crippen LogP contribution is 2.51. The molecule has 2 aromatic heterocycles. The molecule has 0 radical (unpaired) electrons. The summed E-state index contributed by atoms with van der Waals surface area (Å²) >= 11 is 1.51. The minimum Gasteiger partial charge on any atom is -0.497 e. The van der Waals surface area contributed by atoms with Crippen molar-refractivity contribution in [3.8, 4) is 45.4 Å². The quantitative estimate of drug-likeness (QED) is 0.184. The van der Waals surface area contributed by atoms with Crippen molar-refractivity contribution in [3.63, 3.8) is 0 Å². The molecule has 5 aromatic rings. The Morgan fingerprint density at radius 1 is 1.00 bits per heavy atom. The maximum atomic E-state index is 14.2. The van der Waals surface area contributed by atoms with Crippen LogP contribution in [0.2, 0.25) is 0 Å². The van der Waals surface area contributed by atoms with E-state index in [4.69, 9.17) is 23.4 Å². The van der Waals surface area contributed by atoms with E-state index < -0.39 is 11.5 Å². The third-order valence-corrected chi connectivity index (χ3v) is 9.44. The Balaban J connectivity index is 1.63. The van der Waals surface area contributed by atoms with E-state index in [9.17, 15) is 14.4 Å². The Bertz CT molecular complexity index is 2120. The highest BCUT2D eigenvalue weighted by Gasteiger charge is 2.31. The number of hydrogen-bond donors (Lipinski definition) is 2. The number of amides is 2. The zero-order chi connectivity index (χ0) is 34.8. The smallest absolute Gasteiger partial charge is 0.224 e. The SMILES string of the molecule is COc1ccc(-c2oc3c(=O)cc4c(cc3c2CC(=O)NCc2csc(C)n2)-c2c(cc(OC)c(OC)c2OC)CC[C@@H]4NC(C)=O)cc1. The van der Waals surface area contributed by atoms with Gasteiger partial charge in [-0.3, -0.25) is 14.4 Å². The first kappa shape index (κ1) is 33.5. The van der Waals surface area contributed by atoms with E-state index in [-0.39, 0.29) is 30.4 Å². The summed E-state index contributed by atoms with van der Waals surface area (Å²) in [5.74, 6) is 1.84. The summed E-state index contributed by atoms with van der Waals surface area (Å²) < 4.78 is 29.2. The lowest BCUT2D eigenvalue weighted by Gasteiger charge is -2.20. The molecule has 49 heavy (non-hydrogen) atoms. The van der Waals surface area contributed by atoms with Crippen LogP contribution >= 0.6 is 11.3 Å². The highest BCUT2D eigenvalue weighted by molar-refractivity contribution is 7.09. The molecule has 2 N–H and O–H groups in total. The van der Waals surface area contributed by atoms with Crippen molar-refractivity contribution in [2.75, 3.05) is 28.4 Å². The topological polar surface area (TPSA) is 138 Å². The van der Waals surface area contributed by atoms with Gasteiger partial charge in [0, 0.05) is 34.4 Å². The van der Waals surface area contributed by atoms with E-state index in [1.54, 1.807) is 33.5 Å². The average Bonchev–Trinajstić information content (AvgIpc) is 3.60. The predicted octanol–water partition coefficient (Wildman–Crippen LogP) is 5.91. The van der Waals surface area contributed by atoms with Gasteiger partial charge in [-0.15, -0.1) is 11.3 Å². The molecule has 0 spiro atoms. The molecule has 2 amide bonds. The van der Waals surface area contributed by atoms with Crippen molar-refractivity contribution >= 4 is 34.1 Å². The minimum absolute atomic E-state index is 0.0826. The molecule has 1 aliphatic carbocycles. The largest absolute Gasteiger partial charge is 0.497 e. The molecule has 0 fully saturated rings. The summed E-state index contributed by atoms with van der Waals surface area (Å²) in [6.45, 7) is 3.62. The van der Waals surface area contributed by atoms with Gasteiger partial charge >= 0.3 is 0 Å². The summed E-state index contributed by atoms with van der Waals surface area (Å²) in [5.41, 5.74) is 4.46. The number of ether oxygens (including phenoxy) is 4. The lowest BCUT2D eigenvalue weighted by Crippen LogP contribution is -2.26. The van der Waals surface area contributed by atoms with Gasteiger partial charge in [0.25, 0.3) is 0 Å². The second-order valence-corrected chi connectivity index (χ2v) is 12.7. The molecule has 3 aromatic carbocycles. The van der Waals surface area contributed by atoms with Crippen LogP contribution in [0.1, 0.15) is 46.8 Å². The fourth-order valence-corrected chi connectivity index (χ4v) is 7.05. The first-order chi connectivity index (χ1) is 23.6. The molecular weight excluding hydrogens is 646 g/mol. The number of carbonyl (C=O) groups excluding carboxylic acids is 2. The third kappa shape index (κ3) is 6.56. The van der Waals surface area contributed by atoms with E-state index in [2.05, 4.69) is 15.6 Å². The maximum Gasteiger partial charge on any atom is 0.224 e. The summed E-state index contributed by atoms with van der Waals surface area (Å²) in [6, 6.07) is 12.0. The van der Waals surface area contributed by atoms with Crippen LogP contribution < -0.4 is 35.0 Å². The number of thiazole rings is 1. The Kier molecular flexibility index (Phi) is 9.59. The summed E-state index contributed by atoms with van der Waals surface area (Å²) in [7, 11) is 6.21. The van der Waals surface area contributed by atoms with Crippen LogP contribution in [-0.4, -0.2) is 45.2 Å². The van der Waals surface area contributed by atoms with Crippen molar-refractivity contribution in [1.29, 1.82) is 0 Å². The number of nitrogens with one attached hydrogen (secondary N) is 2. The zero-order valence-corrected chi connectivity index (χ0v) is 29.0. The molecule has 0 saturated heterocycles. The number of methoxy groups -OCH3 is 4. The van der Waals surface area contributed by atoms with E-state index in [1.807, 2.05) is 36.6 Å². The molecule has 0 unspecified atom stereocenters. The second-order valence-electron chi connectivity index (χ2n) is 11.7. The number of carbonyl (C=O) groups is 2. The van der Waals surface area contributed by atoms with Gasteiger partial charge in [0.1, 0.15) is 11.5 Å². The summed E-state index contributed by atoms with van der Waals surface area (Å²) in [5, 5.41) is 9.27. The fraction of sp³-hybridized carbons (Fsp3) is 0.297. The minimum atomic E-state index is -0.500. The van der Waals surface area contributed by atoms with Crippen LogP contribution in [0.4, 0.5) is 0 Å². The molecule has 1 atom stereocenters. The molecule has 1 aliphatic rings. The number of nitrogens with zero attached hydrogens (tertiary/aromatic N) is 1. The normalized spacial score (nSPS) is 13.6. The molecule has 6 rings (SSSR count). The molecule has 2 heterocycles. The van der Waals surface area contributed by atoms with Crippen LogP contribution in [0.3, 0.4) is 0 Å². The molecule has 254 valence electrons. The van der Waals surface area contributed by atoms with Gasteiger partial charge in [-0.05, 0) is 78.9 Å². The fourth-order valence-electron chi connectivity index (χ4n) is 6.43. The molecule has 0 aliphatic heterocycles. The van der Waals surface area contributed by atoms with Crippen molar-refractivity contribution < 1.29 is 33.0 Å². The van der Waals surface area contributed by atoms with Crippen LogP contribution in [0.5, 0.6) is 23.0 Å². The average molecular weight is 684 g/mol. The van der Waals surface area contributed by atoms with Gasteiger partial charge in [-0.2, -0.15) is 0 Å². The maximum absolute atomic E-state index is 14.2. The lowest BCUT2D eigenvalue weighted by atomic mass is 9.94. The predicted molar refractivity (Wildman–Crippen MR) is 187 cm³/mol. The van der Waals surface area contributed by atoms with Crippen LogP contribution in [0, 0.1) is 6.92 Å². The van der Waals surface area contributed by atoms with Crippen LogP contribution in [0.25, 0.3) is 33.4 Å². The molecular formula is C37H37N3O8S. The second kappa shape index (κ2) is 14.0. The monoisotopic (exact) mass is 683 g/mol. The summed E-state index contributed by atoms with van der Waals surface area (Å²) in [6.07, 6.45) is 0.965. The highest BCUT2D eigenvalue weighted by atomic mass is 32.1. The standard InChI is InChI=1S/C37H37N3O8S/c1-19(41)39-29-12-9-22-13-31(45-4)36(46-5)37(47-6)33(22)26-14-27-28(16-32(43)38-17-23-18-49-20(2)40-23)34(21-7-10-24(44-3)11-8-21)48-35(27)30(42)15-25(26)29/h7-8,10-11,13-15,18,29H,9,12,16-17H2,1-6H3,(H,38,43)(H,39,41)/t29-/m0/s1. The van der Waals surface area contributed by atoms with Crippen molar-refractivity contribution in [3.05, 3.63) is 85.5 Å². The molecule has 0 bridgehead atoms. The van der Waals surface area contributed by atoms with Gasteiger partial charge in [0.15, 0.2) is 17.1 Å². The van der Waals surface area contributed by atoms with Gasteiger partial charge in [0.2, 0.25) is 23.0 Å². The molecule has 11 nitrogen and oxygen atoms in total. The van der Waals surface area contributed by atoms with E-state index in [1.165, 1.54) is 31.4 Å². The summed E-state index contributed by atoms with van der Waals surface area (Å²) in [4.78, 5) is 44.6. The Morgan fingerprint density at radius 2 is 1.76 bits per heavy atom. The Hall–Kier alpha value is -5.36. The van der Waals surface area contributed by atoms with Crippen molar-refractivity contribution in [2.24, 2.45) is 0 Å². The number of furan rings is 1. The van der Waals surface area contributed by atoms with Crippen LogP contribution in [0.15, 0.2) is 57.1 Å². The van der Waals surface area contributed by atoms with Crippen LogP contribution in [-0.2, 0) is 29.0 Å². The molecule has 0 saturated carbocycles. The number of benzene rings is 2. The van der Waals surface area contributed by atoms with Crippen molar-refractivity contribution in [1.82, 2.24) is 15.6 Å². The van der Waals surface area contributed by atoms with Gasteiger partial charge in [-0.25, -0.2) is 4.98 Å². The molecule has 12 heteroatoms. The van der Waals surface area contributed by atoms with E-state index in [0.29, 0.717) is 74.8 Å². The first-order valence-electron chi connectivity index (χ1n) is 15.7. The van der Waals surface area contributed by atoms with E-state index >= 15 is 0 Å². The van der Waals surface area contributed by atoms with Gasteiger partial charge < -0.3 is 34.0 Å². The number of rotatable bonds is 10. The lowest BCUT2D eigenvalue weighted by molar-refractivity contribution is -0.121. The van der Waals surface area contributed by atoms with Crippen molar-refractivity contribution in [2.45, 2.75) is 45.7 Å². The number of hydrogen-bond acceptors (Lipinski definition) is 10. The Morgan fingerprint density at radius 3 is 2.39 bits per heavy atom. The Labute approximate surface area is 287 Å². The number of aryl methyl sites for hydroxylation is 2. The third-order valence-electron chi connectivity index (χ3n) is 8.62. The number of aromatic nitrogens is 1.